The van der Waals surface area contributed by atoms with Crippen LogP contribution in [0.25, 0.3) is 22.5 Å². The van der Waals surface area contributed by atoms with Gasteiger partial charge in [-0.05, 0) is 79.2 Å². The lowest BCUT2D eigenvalue weighted by Crippen LogP contribution is -2.30. The van der Waals surface area contributed by atoms with Crippen molar-refractivity contribution in [3.63, 3.8) is 0 Å². The molecule has 5 rings (SSSR count). The summed E-state index contributed by atoms with van der Waals surface area (Å²) in [5.41, 5.74) is 5.98. The van der Waals surface area contributed by atoms with Crippen LogP contribution in [0.1, 0.15) is 17.5 Å². The van der Waals surface area contributed by atoms with Crippen molar-refractivity contribution in [1.29, 1.82) is 0 Å². The first-order valence-corrected chi connectivity index (χ1v) is 15.0. The summed E-state index contributed by atoms with van der Waals surface area (Å²) in [5, 5.41) is 0. The molecular formula is C35H42N4O6. The zero-order chi connectivity index (χ0) is 31.8. The van der Waals surface area contributed by atoms with Crippen molar-refractivity contribution in [2.45, 2.75) is 19.5 Å². The number of ether oxygens (including phenoxy) is 6. The molecule has 238 valence electrons. The maximum Gasteiger partial charge on any atom is 0.203 e. The lowest BCUT2D eigenvalue weighted by Gasteiger charge is -2.22. The van der Waals surface area contributed by atoms with Crippen LogP contribution in [0.4, 0.5) is 0 Å². The Hall–Kier alpha value is -4.54. The molecule has 0 unspecified atom stereocenters. The van der Waals surface area contributed by atoms with E-state index in [0.29, 0.717) is 34.5 Å². The van der Waals surface area contributed by atoms with Gasteiger partial charge in [0.05, 0.1) is 54.0 Å². The number of aromatic nitrogens is 2. The number of pyridine rings is 2. The van der Waals surface area contributed by atoms with Crippen LogP contribution in [0, 0.1) is 0 Å². The summed E-state index contributed by atoms with van der Waals surface area (Å²) in [4.78, 5) is 14.3. The zero-order valence-corrected chi connectivity index (χ0v) is 27.0. The zero-order valence-electron chi connectivity index (χ0n) is 27.0. The maximum absolute atomic E-state index is 5.55. The van der Waals surface area contributed by atoms with Crippen LogP contribution in [-0.4, -0.2) is 88.6 Å². The van der Waals surface area contributed by atoms with Gasteiger partial charge in [0.2, 0.25) is 11.5 Å². The van der Waals surface area contributed by atoms with E-state index in [0.717, 1.165) is 68.2 Å². The lowest BCUT2D eigenvalue weighted by atomic mass is 10.1. The first-order chi connectivity index (χ1) is 22.0. The molecule has 0 radical (unpaired) electrons. The van der Waals surface area contributed by atoms with Gasteiger partial charge in [-0.2, -0.15) is 0 Å². The second kappa shape index (κ2) is 15.0. The molecule has 1 aliphatic rings. The van der Waals surface area contributed by atoms with Gasteiger partial charge in [0.15, 0.2) is 23.0 Å². The highest BCUT2D eigenvalue weighted by Crippen LogP contribution is 2.42. The van der Waals surface area contributed by atoms with Crippen LogP contribution in [0.5, 0.6) is 34.5 Å². The highest BCUT2D eigenvalue weighted by molar-refractivity contribution is 5.70. The predicted octanol–water partition coefficient (Wildman–Crippen LogP) is 5.57. The van der Waals surface area contributed by atoms with Crippen LogP contribution in [0.2, 0.25) is 0 Å². The van der Waals surface area contributed by atoms with Crippen molar-refractivity contribution in [3.05, 3.63) is 72.1 Å². The van der Waals surface area contributed by atoms with Crippen molar-refractivity contribution < 1.29 is 28.4 Å². The molecule has 0 saturated carbocycles. The second-order valence-corrected chi connectivity index (χ2v) is 10.8. The number of hydrogen-bond acceptors (Lipinski definition) is 10. The van der Waals surface area contributed by atoms with Gasteiger partial charge in [0, 0.05) is 49.7 Å². The Bertz CT molecular complexity index is 1430. The summed E-state index contributed by atoms with van der Waals surface area (Å²) in [6.07, 6.45) is 4.83. The molecule has 0 N–H and O–H groups in total. The van der Waals surface area contributed by atoms with E-state index in [-0.39, 0.29) is 0 Å². The predicted molar refractivity (Wildman–Crippen MR) is 174 cm³/mol. The molecule has 1 saturated heterocycles. The first kappa shape index (κ1) is 31.9. The number of methoxy groups -OCH3 is 6. The molecule has 0 aliphatic carbocycles. The van der Waals surface area contributed by atoms with Crippen molar-refractivity contribution in [3.8, 4) is 57.0 Å². The van der Waals surface area contributed by atoms with E-state index in [1.165, 1.54) is 11.1 Å². The standard InChI is InChI=1S/C35H42N4O6/c1-40-30-18-26(19-31(41-2)34(30)44-5)28-16-24(8-10-36-28)22-38-12-7-13-39(15-14-38)23-25-9-11-37-29(17-25)27-20-32(42-3)35(45-6)33(21-27)43-4/h8-11,16-21H,7,12-15,22-23H2,1-6H3. The summed E-state index contributed by atoms with van der Waals surface area (Å²) in [5.74, 6) is 3.57. The van der Waals surface area contributed by atoms with E-state index >= 15 is 0 Å². The molecule has 1 aliphatic heterocycles. The Morgan fingerprint density at radius 3 is 1.22 bits per heavy atom. The van der Waals surface area contributed by atoms with Gasteiger partial charge in [0.25, 0.3) is 0 Å². The Kier molecular flexibility index (Phi) is 10.6. The molecule has 0 atom stereocenters. The molecule has 10 heteroatoms. The van der Waals surface area contributed by atoms with E-state index in [4.69, 9.17) is 28.4 Å². The minimum atomic E-state index is 0.568. The second-order valence-electron chi connectivity index (χ2n) is 10.8. The molecule has 0 spiro atoms. The van der Waals surface area contributed by atoms with Gasteiger partial charge in [0.1, 0.15) is 0 Å². The van der Waals surface area contributed by atoms with Crippen LogP contribution >= 0.6 is 0 Å². The molecule has 4 aromatic rings. The largest absolute Gasteiger partial charge is 0.493 e. The van der Waals surface area contributed by atoms with Gasteiger partial charge in [-0.15, -0.1) is 0 Å². The Morgan fingerprint density at radius 1 is 0.511 bits per heavy atom. The molecule has 0 amide bonds. The Morgan fingerprint density at radius 2 is 0.889 bits per heavy atom. The van der Waals surface area contributed by atoms with Gasteiger partial charge in [-0.1, -0.05) is 0 Å². The lowest BCUT2D eigenvalue weighted by molar-refractivity contribution is 0.247. The van der Waals surface area contributed by atoms with Crippen molar-refractivity contribution in [1.82, 2.24) is 19.8 Å². The molecule has 3 heterocycles. The summed E-state index contributed by atoms with van der Waals surface area (Å²) in [6, 6.07) is 16.2. The molecule has 45 heavy (non-hydrogen) atoms. The number of hydrogen-bond donors (Lipinski definition) is 0. The average Bonchev–Trinajstić information content (AvgIpc) is 3.31. The molecule has 2 aromatic heterocycles. The minimum absolute atomic E-state index is 0.568. The summed E-state index contributed by atoms with van der Waals surface area (Å²) < 4.78 is 33.2. The summed E-state index contributed by atoms with van der Waals surface area (Å²) in [7, 11) is 9.70. The highest BCUT2D eigenvalue weighted by Gasteiger charge is 2.19. The number of rotatable bonds is 12. The molecule has 1 fully saturated rings. The summed E-state index contributed by atoms with van der Waals surface area (Å²) >= 11 is 0. The molecule has 2 aromatic carbocycles. The third kappa shape index (κ3) is 7.41. The first-order valence-electron chi connectivity index (χ1n) is 15.0. The smallest absolute Gasteiger partial charge is 0.203 e. The summed E-state index contributed by atoms with van der Waals surface area (Å²) in [6.45, 7) is 5.73. The fourth-order valence-electron chi connectivity index (χ4n) is 5.78. The van der Waals surface area contributed by atoms with Gasteiger partial charge < -0.3 is 28.4 Å². The van der Waals surface area contributed by atoms with Gasteiger partial charge >= 0.3 is 0 Å². The number of nitrogens with zero attached hydrogens (tertiary/aromatic N) is 4. The van der Waals surface area contributed by atoms with Crippen LogP contribution in [0.3, 0.4) is 0 Å². The van der Waals surface area contributed by atoms with Crippen LogP contribution in [0.15, 0.2) is 60.9 Å². The Balaban J connectivity index is 1.25. The van der Waals surface area contributed by atoms with Crippen molar-refractivity contribution >= 4 is 0 Å². The van der Waals surface area contributed by atoms with Crippen LogP contribution < -0.4 is 28.4 Å². The molecule has 10 nitrogen and oxygen atoms in total. The highest BCUT2D eigenvalue weighted by atomic mass is 16.5. The van der Waals surface area contributed by atoms with Crippen molar-refractivity contribution in [2.24, 2.45) is 0 Å². The van der Waals surface area contributed by atoms with Gasteiger partial charge in [-0.25, -0.2) is 0 Å². The fourth-order valence-corrected chi connectivity index (χ4v) is 5.78. The van der Waals surface area contributed by atoms with E-state index in [1.54, 1.807) is 42.7 Å². The van der Waals surface area contributed by atoms with E-state index < -0.39 is 0 Å². The van der Waals surface area contributed by atoms with E-state index in [9.17, 15) is 0 Å². The van der Waals surface area contributed by atoms with Crippen LogP contribution in [-0.2, 0) is 13.1 Å². The average molecular weight is 615 g/mol. The number of benzene rings is 2. The third-order valence-corrected chi connectivity index (χ3v) is 8.06. The fraction of sp³-hybridized carbons (Fsp3) is 0.371. The van der Waals surface area contributed by atoms with E-state index in [2.05, 4.69) is 44.0 Å². The van der Waals surface area contributed by atoms with Crippen molar-refractivity contribution in [2.75, 3.05) is 68.8 Å². The Labute approximate surface area is 265 Å². The monoisotopic (exact) mass is 614 g/mol. The van der Waals surface area contributed by atoms with E-state index in [1.807, 2.05) is 36.7 Å². The SMILES string of the molecule is COc1cc(-c2cc(CN3CCCN(Cc4ccnc(-c5cc(OC)c(OC)c(OC)c5)c4)CC3)ccn2)cc(OC)c1OC. The normalized spacial score (nSPS) is 14.0. The quantitative estimate of drug-likeness (QED) is 0.202. The third-order valence-electron chi connectivity index (χ3n) is 8.06. The van der Waals surface area contributed by atoms with Gasteiger partial charge in [-0.3, -0.25) is 19.8 Å². The topological polar surface area (TPSA) is 87.6 Å². The molecular weight excluding hydrogens is 572 g/mol. The maximum atomic E-state index is 5.55. The minimum Gasteiger partial charge on any atom is -0.493 e. The molecule has 0 bridgehead atoms.